The maximum atomic E-state index is 4.53. The average molecular weight is 327 g/mol. The van der Waals surface area contributed by atoms with Crippen molar-refractivity contribution in [3.8, 4) is 0 Å². The fourth-order valence-corrected chi connectivity index (χ4v) is 4.64. The van der Waals surface area contributed by atoms with E-state index in [2.05, 4.69) is 45.1 Å². The van der Waals surface area contributed by atoms with E-state index in [4.69, 9.17) is 0 Å². The summed E-state index contributed by atoms with van der Waals surface area (Å²) in [6.45, 7) is 0.909. The van der Waals surface area contributed by atoms with Crippen molar-refractivity contribution in [2.45, 2.75) is 62.6 Å². The molecule has 1 aromatic carbocycles. The summed E-state index contributed by atoms with van der Waals surface area (Å²) >= 11 is 1.93. The summed E-state index contributed by atoms with van der Waals surface area (Å²) in [6.07, 6.45) is 9.60. The van der Waals surface area contributed by atoms with Gasteiger partial charge in [0.15, 0.2) is 5.16 Å². The molecule has 1 heterocycles. The first-order valence-corrected chi connectivity index (χ1v) is 9.98. The van der Waals surface area contributed by atoms with Crippen LogP contribution in [0.25, 0.3) is 0 Å². The third kappa shape index (κ3) is 3.79. The molecule has 122 valence electrons. The summed E-state index contributed by atoms with van der Waals surface area (Å²) in [4.78, 5) is 0. The molecule has 4 heteroatoms. The van der Waals surface area contributed by atoms with E-state index in [0.717, 1.165) is 17.6 Å². The SMILES string of the molecule is c1ccc(Cn2c(SCC3CCCCC3)nnc2C2CC2)cc1. The molecule has 0 aliphatic heterocycles. The van der Waals surface area contributed by atoms with Gasteiger partial charge in [-0.3, -0.25) is 0 Å². The quantitative estimate of drug-likeness (QED) is 0.709. The third-order valence-electron chi connectivity index (χ3n) is 5.04. The van der Waals surface area contributed by atoms with Crippen molar-refractivity contribution < 1.29 is 0 Å². The summed E-state index contributed by atoms with van der Waals surface area (Å²) in [7, 11) is 0. The molecule has 0 saturated heterocycles. The Morgan fingerprint density at radius 2 is 1.74 bits per heavy atom. The second-order valence-electron chi connectivity index (χ2n) is 7.00. The van der Waals surface area contributed by atoms with E-state index in [9.17, 15) is 0 Å². The topological polar surface area (TPSA) is 30.7 Å². The van der Waals surface area contributed by atoms with Gasteiger partial charge in [0.1, 0.15) is 5.82 Å². The lowest BCUT2D eigenvalue weighted by Crippen LogP contribution is -2.10. The van der Waals surface area contributed by atoms with E-state index in [1.165, 1.54) is 62.1 Å². The fourth-order valence-electron chi connectivity index (χ4n) is 3.51. The molecule has 2 aliphatic carbocycles. The third-order valence-corrected chi connectivity index (χ3v) is 6.24. The number of rotatable bonds is 6. The Kier molecular flexibility index (Phi) is 4.69. The normalized spacial score (nSPS) is 19.1. The molecule has 0 spiro atoms. The number of hydrogen-bond donors (Lipinski definition) is 0. The number of nitrogens with zero attached hydrogens (tertiary/aromatic N) is 3. The predicted molar refractivity (Wildman–Crippen MR) is 94.8 cm³/mol. The van der Waals surface area contributed by atoms with Gasteiger partial charge in [-0.05, 0) is 37.2 Å². The van der Waals surface area contributed by atoms with Crippen molar-refractivity contribution in [3.63, 3.8) is 0 Å². The van der Waals surface area contributed by atoms with Gasteiger partial charge in [0.05, 0.1) is 6.54 Å². The molecule has 3 nitrogen and oxygen atoms in total. The van der Waals surface area contributed by atoms with E-state index in [-0.39, 0.29) is 0 Å². The monoisotopic (exact) mass is 327 g/mol. The van der Waals surface area contributed by atoms with Crippen molar-refractivity contribution in [3.05, 3.63) is 41.7 Å². The Morgan fingerprint density at radius 3 is 2.48 bits per heavy atom. The molecule has 2 fully saturated rings. The van der Waals surface area contributed by atoms with E-state index in [1.54, 1.807) is 0 Å². The molecule has 0 unspecified atom stereocenters. The highest BCUT2D eigenvalue weighted by Crippen LogP contribution is 2.40. The molecular weight excluding hydrogens is 302 g/mol. The Labute approximate surface area is 142 Å². The average Bonchev–Trinajstić information content (AvgIpc) is 3.37. The Hall–Kier alpha value is -1.29. The second-order valence-corrected chi connectivity index (χ2v) is 7.99. The van der Waals surface area contributed by atoms with Crippen LogP contribution in [0.15, 0.2) is 35.5 Å². The standard InChI is InChI=1S/C19H25N3S/c1-3-7-15(8-4-1)13-22-18(17-11-12-17)20-21-19(22)23-14-16-9-5-2-6-10-16/h1,3-4,7-8,16-17H,2,5-6,9-14H2. The molecule has 0 N–H and O–H groups in total. The molecule has 2 saturated carbocycles. The molecular formula is C19H25N3S. The fraction of sp³-hybridized carbons (Fsp3) is 0.579. The molecule has 0 radical (unpaired) electrons. The van der Waals surface area contributed by atoms with Gasteiger partial charge < -0.3 is 4.57 Å². The first kappa shape index (κ1) is 15.3. The zero-order chi connectivity index (χ0) is 15.5. The second kappa shape index (κ2) is 7.08. The number of thioether (sulfide) groups is 1. The van der Waals surface area contributed by atoms with Crippen LogP contribution in [0.5, 0.6) is 0 Å². The van der Waals surface area contributed by atoms with Gasteiger partial charge in [-0.25, -0.2) is 0 Å². The largest absolute Gasteiger partial charge is 0.301 e. The van der Waals surface area contributed by atoms with Crippen molar-refractivity contribution in [2.75, 3.05) is 5.75 Å². The smallest absolute Gasteiger partial charge is 0.191 e. The number of benzene rings is 1. The van der Waals surface area contributed by atoms with Crippen LogP contribution >= 0.6 is 11.8 Å². The number of hydrogen-bond acceptors (Lipinski definition) is 3. The maximum Gasteiger partial charge on any atom is 0.191 e. The minimum atomic E-state index is 0.648. The van der Waals surface area contributed by atoms with Crippen LogP contribution < -0.4 is 0 Å². The molecule has 0 bridgehead atoms. The van der Waals surface area contributed by atoms with Crippen molar-refractivity contribution >= 4 is 11.8 Å². The summed E-state index contributed by atoms with van der Waals surface area (Å²) in [6, 6.07) is 10.7. The van der Waals surface area contributed by atoms with Crippen LogP contribution in [-0.4, -0.2) is 20.5 Å². The summed E-state index contributed by atoms with van der Waals surface area (Å²) in [5, 5.41) is 10.2. The lowest BCUT2D eigenvalue weighted by Gasteiger charge is -2.20. The molecule has 0 atom stereocenters. The van der Waals surface area contributed by atoms with Crippen LogP contribution in [0.4, 0.5) is 0 Å². The van der Waals surface area contributed by atoms with Gasteiger partial charge >= 0.3 is 0 Å². The first-order valence-electron chi connectivity index (χ1n) is 9.00. The highest BCUT2D eigenvalue weighted by molar-refractivity contribution is 7.99. The van der Waals surface area contributed by atoms with Crippen molar-refractivity contribution in [1.29, 1.82) is 0 Å². The predicted octanol–water partition coefficient (Wildman–Crippen LogP) is 4.88. The van der Waals surface area contributed by atoms with Gasteiger partial charge in [-0.1, -0.05) is 61.4 Å². The van der Waals surface area contributed by atoms with Gasteiger partial charge in [-0.15, -0.1) is 10.2 Å². The summed E-state index contributed by atoms with van der Waals surface area (Å²) < 4.78 is 2.38. The lowest BCUT2D eigenvalue weighted by molar-refractivity contribution is 0.390. The van der Waals surface area contributed by atoms with Crippen LogP contribution in [0.2, 0.25) is 0 Å². The van der Waals surface area contributed by atoms with Crippen LogP contribution in [0.3, 0.4) is 0 Å². The Bertz CT molecular complexity index is 627. The van der Waals surface area contributed by atoms with E-state index in [0.29, 0.717) is 5.92 Å². The lowest BCUT2D eigenvalue weighted by atomic mass is 9.91. The highest BCUT2D eigenvalue weighted by Gasteiger charge is 2.30. The minimum Gasteiger partial charge on any atom is -0.301 e. The zero-order valence-corrected chi connectivity index (χ0v) is 14.5. The minimum absolute atomic E-state index is 0.648. The van der Waals surface area contributed by atoms with Gasteiger partial charge in [0.2, 0.25) is 0 Å². The van der Waals surface area contributed by atoms with Crippen LogP contribution in [0, 0.1) is 5.92 Å². The first-order chi connectivity index (χ1) is 11.4. The van der Waals surface area contributed by atoms with Crippen LogP contribution in [-0.2, 0) is 6.54 Å². The molecule has 2 aliphatic rings. The maximum absolute atomic E-state index is 4.53. The highest BCUT2D eigenvalue weighted by atomic mass is 32.2. The summed E-state index contributed by atoms with van der Waals surface area (Å²) in [5.41, 5.74) is 1.34. The van der Waals surface area contributed by atoms with Gasteiger partial charge in [0, 0.05) is 11.7 Å². The summed E-state index contributed by atoms with van der Waals surface area (Å²) in [5.74, 6) is 3.94. The molecule has 1 aromatic heterocycles. The van der Waals surface area contributed by atoms with E-state index < -0.39 is 0 Å². The van der Waals surface area contributed by atoms with E-state index >= 15 is 0 Å². The zero-order valence-electron chi connectivity index (χ0n) is 13.7. The van der Waals surface area contributed by atoms with Crippen molar-refractivity contribution in [1.82, 2.24) is 14.8 Å². The Balaban J connectivity index is 1.49. The van der Waals surface area contributed by atoms with Gasteiger partial charge in [-0.2, -0.15) is 0 Å². The Morgan fingerprint density at radius 1 is 0.957 bits per heavy atom. The van der Waals surface area contributed by atoms with E-state index in [1.807, 2.05) is 11.8 Å². The molecule has 4 rings (SSSR count). The number of aromatic nitrogens is 3. The molecule has 2 aromatic rings. The van der Waals surface area contributed by atoms with Gasteiger partial charge in [0.25, 0.3) is 0 Å². The van der Waals surface area contributed by atoms with Crippen molar-refractivity contribution in [2.24, 2.45) is 5.92 Å². The van der Waals surface area contributed by atoms with Crippen LogP contribution in [0.1, 0.15) is 62.3 Å². The molecule has 23 heavy (non-hydrogen) atoms. The molecule has 0 amide bonds.